The van der Waals surface area contributed by atoms with Crippen LogP contribution in [-0.2, 0) is 30.9 Å². The molecule has 3 heterocycles. The van der Waals surface area contributed by atoms with Gasteiger partial charge in [0.25, 0.3) is 10.0 Å². The molecule has 4 rings (SSSR count). The molecule has 0 radical (unpaired) electrons. The monoisotopic (exact) mass is 578 g/mol. The van der Waals surface area contributed by atoms with Crippen LogP contribution in [0.2, 0.25) is 0 Å². The highest BCUT2D eigenvalue weighted by Gasteiger charge is 2.33. The molecule has 0 saturated carbocycles. The average molecular weight is 579 g/mol. The summed E-state index contributed by atoms with van der Waals surface area (Å²) in [4.78, 5) is 37.9. The zero-order valence-electron chi connectivity index (χ0n) is 22.7. The lowest BCUT2D eigenvalue weighted by Gasteiger charge is -2.34. The Balaban J connectivity index is 1.72. The van der Waals surface area contributed by atoms with Crippen molar-refractivity contribution in [3.05, 3.63) is 90.4 Å². The molecule has 0 amide bonds. The molecular formula is C28H30N6O6S. The van der Waals surface area contributed by atoms with Crippen LogP contribution in [0.4, 0.5) is 0 Å². The van der Waals surface area contributed by atoms with E-state index in [1.165, 1.54) is 24.4 Å². The Labute approximate surface area is 237 Å². The number of pyridine rings is 1. The smallest absolute Gasteiger partial charge is 0.320 e. The van der Waals surface area contributed by atoms with Crippen molar-refractivity contribution < 1.29 is 28.0 Å². The number of hydrogen-bond acceptors (Lipinski definition) is 9. The van der Waals surface area contributed by atoms with E-state index in [2.05, 4.69) is 19.8 Å². The van der Waals surface area contributed by atoms with Crippen molar-refractivity contribution in [2.45, 2.75) is 50.0 Å². The number of hydrogen-bond donors (Lipinski definition) is 2. The number of carboxylic acids is 1. The lowest BCUT2D eigenvalue weighted by atomic mass is 9.99. The summed E-state index contributed by atoms with van der Waals surface area (Å²) in [6.45, 7) is 4.60. The van der Waals surface area contributed by atoms with Crippen LogP contribution in [0.5, 0.6) is 0 Å². The Morgan fingerprint density at radius 1 is 1.15 bits per heavy atom. The second-order valence-electron chi connectivity index (χ2n) is 10.2. The van der Waals surface area contributed by atoms with Crippen LogP contribution in [0, 0.1) is 0 Å². The van der Waals surface area contributed by atoms with E-state index in [0.29, 0.717) is 0 Å². The predicted octanol–water partition coefficient (Wildman–Crippen LogP) is 2.37. The maximum Gasteiger partial charge on any atom is 0.320 e. The van der Waals surface area contributed by atoms with Crippen molar-refractivity contribution >= 4 is 27.6 Å². The molecule has 12 nitrogen and oxygen atoms in total. The standard InChI is InChI=1S/C28H30N6O6S/c1-28(2,3)40-34(18-26(36)37)27-21(19-35)10-13-23(31-27)24(32-41(38,39)25-7-4-5-14-29-25)17-20-8-11-22(12-9-20)33-16-6-15-30-33/h4-16,24,27,32H,17-18H2,1-3H3,(H,36,37). The molecule has 2 atom stereocenters. The van der Waals surface area contributed by atoms with Crippen LogP contribution < -0.4 is 4.72 Å². The molecule has 0 aliphatic carbocycles. The molecule has 1 aromatic carbocycles. The number of carbonyl (C=O) groups is 1. The number of dihydropyridines is 1. The molecule has 1 aliphatic heterocycles. The predicted molar refractivity (Wildman–Crippen MR) is 150 cm³/mol. The number of aliphatic carboxylic acids is 1. The number of aromatic nitrogens is 3. The minimum Gasteiger partial charge on any atom is -0.480 e. The van der Waals surface area contributed by atoms with Gasteiger partial charge in [0.1, 0.15) is 12.5 Å². The third-order valence-electron chi connectivity index (χ3n) is 5.77. The maximum atomic E-state index is 13.3. The van der Waals surface area contributed by atoms with Crippen molar-refractivity contribution in [1.82, 2.24) is 24.5 Å². The summed E-state index contributed by atoms with van der Waals surface area (Å²) in [5.74, 6) is 0.599. The van der Waals surface area contributed by atoms with Gasteiger partial charge in [0.2, 0.25) is 0 Å². The van der Waals surface area contributed by atoms with Crippen molar-refractivity contribution in [1.29, 1.82) is 0 Å². The van der Waals surface area contributed by atoms with Crippen LogP contribution in [0.3, 0.4) is 0 Å². The fourth-order valence-electron chi connectivity index (χ4n) is 4.08. The molecule has 2 aromatic heterocycles. The van der Waals surface area contributed by atoms with Crippen LogP contribution in [0.25, 0.3) is 5.69 Å². The minimum atomic E-state index is -4.09. The molecule has 2 unspecified atom stereocenters. The third kappa shape index (κ3) is 7.91. The van der Waals surface area contributed by atoms with E-state index < -0.39 is 40.3 Å². The Bertz CT molecular complexity index is 1570. The summed E-state index contributed by atoms with van der Waals surface area (Å²) in [5, 5.41) is 14.6. The van der Waals surface area contributed by atoms with Crippen molar-refractivity contribution in [3.8, 4) is 5.69 Å². The van der Waals surface area contributed by atoms with Gasteiger partial charge in [-0.1, -0.05) is 18.2 Å². The fraction of sp³-hybridized carbons (Fsp3) is 0.286. The van der Waals surface area contributed by atoms with E-state index in [9.17, 15) is 23.1 Å². The first-order chi connectivity index (χ1) is 19.4. The van der Waals surface area contributed by atoms with Crippen molar-refractivity contribution in [2.24, 2.45) is 4.99 Å². The molecule has 0 fully saturated rings. The molecule has 3 aromatic rings. The van der Waals surface area contributed by atoms with Crippen molar-refractivity contribution in [2.75, 3.05) is 6.54 Å². The number of benzene rings is 1. The van der Waals surface area contributed by atoms with Gasteiger partial charge in [-0.3, -0.25) is 14.6 Å². The largest absolute Gasteiger partial charge is 0.480 e. The average Bonchev–Trinajstić information content (AvgIpc) is 3.47. The second kappa shape index (κ2) is 12.5. The van der Waals surface area contributed by atoms with Gasteiger partial charge in [-0.05, 0) is 75.2 Å². The van der Waals surface area contributed by atoms with Crippen LogP contribution in [-0.4, -0.2) is 75.3 Å². The summed E-state index contributed by atoms with van der Waals surface area (Å²) >= 11 is 0. The van der Waals surface area contributed by atoms with Crippen LogP contribution in [0.15, 0.2) is 94.9 Å². The van der Waals surface area contributed by atoms with Crippen LogP contribution in [0.1, 0.15) is 26.3 Å². The maximum absolute atomic E-state index is 13.3. The van der Waals surface area contributed by atoms with Gasteiger partial charge in [-0.15, -0.1) is 5.06 Å². The van der Waals surface area contributed by atoms with E-state index in [4.69, 9.17) is 4.84 Å². The van der Waals surface area contributed by atoms with E-state index in [1.54, 1.807) is 62.0 Å². The lowest BCUT2D eigenvalue weighted by Crippen LogP contribution is -2.47. The number of sulfonamides is 1. The zero-order valence-corrected chi connectivity index (χ0v) is 23.5. The number of carbonyl (C=O) groups excluding carboxylic acids is 1. The number of rotatable bonds is 11. The Morgan fingerprint density at radius 3 is 2.49 bits per heavy atom. The number of aliphatic imine (C=N–C) groups is 1. The number of nitrogens with zero attached hydrogens (tertiary/aromatic N) is 5. The van der Waals surface area contributed by atoms with Gasteiger partial charge in [0, 0.05) is 18.6 Å². The first-order valence-corrected chi connectivity index (χ1v) is 14.1. The summed E-state index contributed by atoms with van der Waals surface area (Å²) in [6.07, 6.45) is 6.80. The molecule has 0 spiro atoms. The lowest BCUT2D eigenvalue weighted by molar-refractivity contribution is -0.242. The normalized spacial score (nSPS) is 16.3. The van der Waals surface area contributed by atoms with Gasteiger partial charge in [-0.2, -0.15) is 5.10 Å². The molecule has 214 valence electrons. The minimum absolute atomic E-state index is 0.0363. The summed E-state index contributed by atoms with van der Waals surface area (Å²) in [7, 11) is -4.09. The highest BCUT2D eigenvalue weighted by molar-refractivity contribution is 7.89. The van der Waals surface area contributed by atoms with Crippen LogP contribution >= 0.6 is 0 Å². The molecule has 1 aliphatic rings. The molecule has 2 N–H and O–H groups in total. The first-order valence-electron chi connectivity index (χ1n) is 12.7. The van der Waals surface area contributed by atoms with Gasteiger partial charge in [0.05, 0.1) is 28.6 Å². The van der Waals surface area contributed by atoms with Gasteiger partial charge in [0.15, 0.2) is 11.2 Å². The highest BCUT2D eigenvalue weighted by atomic mass is 32.2. The zero-order chi connectivity index (χ0) is 29.6. The molecule has 41 heavy (non-hydrogen) atoms. The second-order valence-corrected chi connectivity index (χ2v) is 11.8. The molecular weight excluding hydrogens is 548 g/mol. The quantitative estimate of drug-likeness (QED) is 0.258. The highest BCUT2D eigenvalue weighted by Crippen LogP contribution is 2.23. The number of carboxylic acid groups (broad SMARTS) is 1. The number of nitrogens with one attached hydrogen (secondary N) is 1. The van der Waals surface area contributed by atoms with E-state index in [-0.39, 0.29) is 22.7 Å². The van der Waals surface area contributed by atoms with Gasteiger partial charge >= 0.3 is 5.97 Å². The molecule has 0 saturated heterocycles. The van der Waals surface area contributed by atoms with Crippen molar-refractivity contribution in [3.63, 3.8) is 0 Å². The summed E-state index contributed by atoms with van der Waals surface area (Å²) in [5.41, 5.74) is 1.10. The number of hydroxylamine groups is 2. The fourth-order valence-corrected chi connectivity index (χ4v) is 5.24. The van der Waals surface area contributed by atoms with Gasteiger partial charge < -0.3 is 5.11 Å². The Kier molecular flexibility index (Phi) is 9.06. The third-order valence-corrected chi connectivity index (χ3v) is 7.16. The van der Waals surface area contributed by atoms with E-state index in [1.807, 2.05) is 24.3 Å². The summed E-state index contributed by atoms with van der Waals surface area (Å²) in [6, 6.07) is 12.8. The van der Waals surface area contributed by atoms with E-state index >= 15 is 0 Å². The Morgan fingerprint density at radius 2 is 1.90 bits per heavy atom. The topological polar surface area (TPSA) is 156 Å². The van der Waals surface area contributed by atoms with Gasteiger partial charge in [-0.25, -0.2) is 27.6 Å². The Hall–Kier alpha value is -4.26. The molecule has 13 heteroatoms. The molecule has 0 bridgehead atoms. The SMILES string of the molecule is CC(C)(C)ON(CC(=O)O)C1N=C(C(Cc2ccc(-n3cccn3)cc2)NS(=O)(=O)c2ccccn2)C=CC1=C=O. The first kappa shape index (κ1) is 29.7. The summed E-state index contributed by atoms with van der Waals surface area (Å²) < 4.78 is 31.0. The van der Waals surface area contributed by atoms with E-state index in [0.717, 1.165) is 16.3 Å².